The summed E-state index contributed by atoms with van der Waals surface area (Å²) in [6.07, 6.45) is -0.209. The van der Waals surface area contributed by atoms with Crippen LogP contribution in [0.15, 0.2) is 0 Å². The van der Waals surface area contributed by atoms with E-state index in [0.29, 0.717) is 0 Å². The third-order valence-electron chi connectivity index (χ3n) is 1.47. The van der Waals surface area contributed by atoms with Crippen molar-refractivity contribution >= 4 is 5.91 Å². The molecule has 0 aromatic heterocycles. The van der Waals surface area contributed by atoms with E-state index in [1.165, 1.54) is 0 Å². The van der Waals surface area contributed by atoms with E-state index < -0.39 is 12.0 Å². The lowest BCUT2D eigenvalue weighted by Gasteiger charge is -2.11. The minimum Gasteiger partial charge on any atom is -0.383 e. The molecule has 0 aliphatic rings. The van der Waals surface area contributed by atoms with Gasteiger partial charge in [0.2, 0.25) is 5.91 Å². The van der Waals surface area contributed by atoms with Crippen LogP contribution < -0.4 is 5.73 Å². The summed E-state index contributed by atoms with van der Waals surface area (Å²) < 4.78 is 0. The number of hydrogen-bond donors (Lipinski definition) is 2. The van der Waals surface area contributed by atoms with Crippen molar-refractivity contribution in [2.24, 2.45) is 11.7 Å². The molecule has 0 aromatic carbocycles. The number of primary amides is 1. The first-order valence-corrected chi connectivity index (χ1v) is 3.07. The van der Waals surface area contributed by atoms with Crippen LogP contribution in [0.25, 0.3) is 0 Å². The van der Waals surface area contributed by atoms with Gasteiger partial charge in [-0.05, 0) is 5.92 Å². The van der Waals surface area contributed by atoms with Crippen molar-refractivity contribution in [2.75, 3.05) is 0 Å². The van der Waals surface area contributed by atoms with Crippen molar-refractivity contribution in [3.05, 3.63) is 0 Å². The van der Waals surface area contributed by atoms with E-state index in [2.05, 4.69) is 0 Å². The van der Waals surface area contributed by atoms with Crippen LogP contribution in [-0.4, -0.2) is 17.1 Å². The van der Waals surface area contributed by atoms with E-state index in [-0.39, 0.29) is 5.92 Å². The molecular formula is C6H13NO2. The fraction of sp³-hybridized carbons (Fsp3) is 0.833. The van der Waals surface area contributed by atoms with Gasteiger partial charge in [0.15, 0.2) is 0 Å². The SMILES string of the molecule is CCC(C)C(O)C(N)=O. The zero-order valence-electron chi connectivity index (χ0n) is 5.79. The van der Waals surface area contributed by atoms with Crippen LogP contribution >= 0.6 is 0 Å². The number of amides is 1. The number of hydrogen-bond acceptors (Lipinski definition) is 2. The molecule has 0 bridgehead atoms. The summed E-state index contributed by atoms with van der Waals surface area (Å²) in [6, 6.07) is 0. The number of carbonyl (C=O) groups is 1. The zero-order valence-corrected chi connectivity index (χ0v) is 5.79. The van der Waals surface area contributed by atoms with E-state index in [1.54, 1.807) is 6.92 Å². The molecule has 0 rings (SSSR count). The molecule has 2 unspecified atom stereocenters. The van der Waals surface area contributed by atoms with Gasteiger partial charge in [0.05, 0.1) is 0 Å². The lowest BCUT2D eigenvalue weighted by Crippen LogP contribution is -2.33. The van der Waals surface area contributed by atoms with Gasteiger partial charge in [-0.1, -0.05) is 20.3 Å². The average molecular weight is 131 g/mol. The normalized spacial score (nSPS) is 16.8. The molecule has 0 heterocycles. The number of aliphatic hydroxyl groups excluding tert-OH is 1. The molecule has 3 nitrogen and oxygen atoms in total. The van der Waals surface area contributed by atoms with Crippen LogP contribution in [0.1, 0.15) is 20.3 Å². The third kappa shape index (κ3) is 2.46. The number of carbonyl (C=O) groups excluding carboxylic acids is 1. The lowest BCUT2D eigenvalue weighted by molar-refractivity contribution is -0.128. The molecule has 54 valence electrons. The maximum atomic E-state index is 10.3. The van der Waals surface area contributed by atoms with E-state index >= 15 is 0 Å². The Labute approximate surface area is 54.9 Å². The van der Waals surface area contributed by atoms with Crippen LogP contribution in [0.5, 0.6) is 0 Å². The zero-order chi connectivity index (χ0) is 7.44. The summed E-state index contributed by atoms with van der Waals surface area (Å²) in [5.41, 5.74) is 4.82. The molecule has 0 aromatic rings. The van der Waals surface area contributed by atoms with E-state index in [9.17, 15) is 4.79 Å². The second-order valence-electron chi connectivity index (χ2n) is 2.23. The van der Waals surface area contributed by atoms with Gasteiger partial charge in [0, 0.05) is 0 Å². The molecule has 2 atom stereocenters. The number of aliphatic hydroxyl groups is 1. The highest BCUT2D eigenvalue weighted by atomic mass is 16.3. The highest BCUT2D eigenvalue weighted by molar-refractivity contribution is 5.78. The number of rotatable bonds is 3. The van der Waals surface area contributed by atoms with E-state index in [1.807, 2.05) is 6.92 Å². The first kappa shape index (κ1) is 8.43. The summed E-state index contributed by atoms with van der Waals surface area (Å²) >= 11 is 0. The van der Waals surface area contributed by atoms with Gasteiger partial charge in [-0.3, -0.25) is 4.79 Å². The van der Waals surface area contributed by atoms with Crippen molar-refractivity contribution in [2.45, 2.75) is 26.4 Å². The summed E-state index contributed by atoms with van der Waals surface area (Å²) in [7, 11) is 0. The van der Waals surface area contributed by atoms with Crippen LogP contribution in [0, 0.1) is 5.92 Å². The van der Waals surface area contributed by atoms with Crippen LogP contribution in [-0.2, 0) is 4.79 Å². The van der Waals surface area contributed by atoms with Gasteiger partial charge in [0.1, 0.15) is 6.10 Å². The standard InChI is InChI=1S/C6H13NO2/c1-3-4(2)5(8)6(7)9/h4-5,8H,3H2,1-2H3,(H2,7,9). The van der Waals surface area contributed by atoms with Gasteiger partial charge < -0.3 is 10.8 Å². The van der Waals surface area contributed by atoms with Gasteiger partial charge in [-0.2, -0.15) is 0 Å². The molecule has 9 heavy (non-hydrogen) atoms. The van der Waals surface area contributed by atoms with Crippen molar-refractivity contribution in [3.63, 3.8) is 0 Å². The minimum absolute atomic E-state index is 0.0255. The minimum atomic E-state index is -0.977. The van der Waals surface area contributed by atoms with Crippen molar-refractivity contribution < 1.29 is 9.90 Å². The summed E-state index contributed by atoms with van der Waals surface area (Å²) in [4.78, 5) is 10.3. The maximum Gasteiger partial charge on any atom is 0.246 e. The quantitative estimate of drug-likeness (QED) is 0.560. The summed E-state index contributed by atoms with van der Waals surface area (Å²) in [5, 5.41) is 8.92. The molecule has 3 heteroatoms. The molecule has 0 saturated carbocycles. The molecule has 0 spiro atoms. The second-order valence-corrected chi connectivity index (χ2v) is 2.23. The van der Waals surface area contributed by atoms with Crippen LogP contribution in [0.2, 0.25) is 0 Å². The molecule has 1 amide bonds. The Morgan fingerprint density at radius 3 is 2.33 bits per heavy atom. The van der Waals surface area contributed by atoms with Gasteiger partial charge in [0.25, 0.3) is 0 Å². The Hall–Kier alpha value is -0.570. The predicted molar refractivity (Wildman–Crippen MR) is 34.7 cm³/mol. The van der Waals surface area contributed by atoms with Gasteiger partial charge in [-0.25, -0.2) is 0 Å². The van der Waals surface area contributed by atoms with Gasteiger partial charge in [-0.15, -0.1) is 0 Å². The highest BCUT2D eigenvalue weighted by Crippen LogP contribution is 2.05. The largest absolute Gasteiger partial charge is 0.383 e. The van der Waals surface area contributed by atoms with Crippen molar-refractivity contribution in [1.82, 2.24) is 0 Å². The fourth-order valence-corrected chi connectivity index (χ4v) is 0.504. The molecule has 0 aliphatic heterocycles. The highest BCUT2D eigenvalue weighted by Gasteiger charge is 2.16. The Morgan fingerprint density at radius 1 is 1.78 bits per heavy atom. The molecular weight excluding hydrogens is 118 g/mol. The first-order chi connectivity index (χ1) is 4.09. The third-order valence-corrected chi connectivity index (χ3v) is 1.47. The van der Waals surface area contributed by atoms with E-state index in [0.717, 1.165) is 6.42 Å². The Balaban J connectivity index is 3.72. The topological polar surface area (TPSA) is 63.3 Å². The van der Waals surface area contributed by atoms with Crippen LogP contribution in [0.4, 0.5) is 0 Å². The molecule has 0 radical (unpaired) electrons. The summed E-state index contributed by atoms with van der Waals surface area (Å²) in [6.45, 7) is 3.69. The monoisotopic (exact) mass is 131 g/mol. The maximum absolute atomic E-state index is 10.3. The number of nitrogens with two attached hydrogens (primary N) is 1. The fourth-order valence-electron chi connectivity index (χ4n) is 0.504. The molecule has 0 saturated heterocycles. The first-order valence-electron chi connectivity index (χ1n) is 3.07. The average Bonchev–Trinajstić information content (AvgIpc) is 1.84. The predicted octanol–water partition coefficient (Wildman–Crippen LogP) is -0.121. The molecule has 3 N–H and O–H groups in total. The molecule has 0 aliphatic carbocycles. The Kier molecular flexibility index (Phi) is 3.24. The van der Waals surface area contributed by atoms with Crippen LogP contribution in [0.3, 0.4) is 0 Å². The Morgan fingerprint density at radius 2 is 2.22 bits per heavy atom. The van der Waals surface area contributed by atoms with Crippen molar-refractivity contribution in [3.8, 4) is 0 Å². The smallest absolute Gasteiger partial charge is 0.246 e. The summed E-state index contributed by atoms with van der Waals surface area (Å²) in [5.74, 6) is -0.660. The van der Waals surface area contributed by atoms with E-state index in [4.69, 9.17) is 10.8 Å². The van der Waals surface area contributed by atoms with Crippen molar-refractivity contribution in [1.29, 1.82) is 0 Å². The Bertz CT molecular complexity index is 103. The lowest BCUT2D eigenvalue weighted by atomic mass is 10.0. The second kappa shape index (κ2) is 3.45. The van der Waals surface area contributed by atoms with Gasteiger partial charge >= 0.3 is 0 Å². The molecule has 0 fully saturated rings.